The monoisotopic (exact) mass is 240 g/mol. The summed E-state index contributed by atoms with van der Waals surface area (Å²) in [6, 6.07) is 4.74. The molecular weight excluding hydrogens is 223 g/mol. The van der Waals surface area contributed by atoms with Crippen LogP contribution in [-0.4, -0.2) is 26.1 Å². The molecule has 0 atom stereocenters. The summed E-state index contributed by atoms with van der Waals surface area (Å²) in [4.78, 5) is 0. The normalized spacial score (nSPS) is 17.1. The molecule has 94 valence electrons. The van der Waals surface area contributed by atoms with Crippen molar-refractivity contribution in [2.45, 2.75) is 26.1 Å². The average Bonchev–Trinajstić information content (AvgIpc) is 2.35. The Hall–Kier alpha value is -1.13. The van der Waals surface area contributed by atoms with Crippen molar-refractivity contribution >= 4 is 0 Å². The van der Waals surface area contributed by atoms with Crippen LogP contribution in [0.3, 0.4) is 0 Å². The van der Waals surface area contributed by atoms with Crippen molar-refractivity contribution in [3.05, 3.63) is 29.6 Å². The van der Waals surface area contributed by atoms with Gasteiger partial charge in [0.25, 0.3) is 0 Å². The number of aryl methyl sites for hydroxylation is 1. The second-order valence-corrected chi connectivity index (χ2v) is 4.07. The van der Waals surface area contributed by atoms with Crippen LogP contribution in [-0.2, 0) is 9.47 Å². The molecule has 0 saturated carbocycles. The van der Waals surface area contributed by atoms with E-state index < -0.39 is 0 Å². The van der Waals surface area contributed by atoms with Crippen LogP contribution in [0.1, 0.15) is 18.4 Å². The van der Waals surface area contributed by atoms with Crippen LogP contribution in [0.15, 0.2) is 18.2 Å². The predicted octanol–water partition coefficient (Wildman–Crippen LogP) is 2.67. The molecule has 1 fully saturated rings. The van der Waals surface area contributed by atoms with E-state index >= 15 is 0 Å². The van der Waals surface area contributed by atoms with E-state index in [4.69, 9.17) is 14.2 Å². The van der Waals surface area contributed by atoms with Crippen molar-refractivity contribution in [2.75, 3.05) is 19.8 Å². The van der Waals surface area contributed by atoms with Crippen LogP contribution in [0, 0.1) is 12.7 Å². The number of ether oxygens (including phenoxy) is 3. The molecule has 1 aliphatic rings. The summed E-state index contributed by atoms with van der Waals surface area (Å²) < 4.78 is 29.3. The first-order chi connectivity index (χ1) is 8.25. The quantitative estimate of drug-likeness (QED) is 0.809. The zero-order valence-electron chi connectivity index (χ0n) is 9.95. The summed E-state index contributed by atoms with van der Waals surface area (Å²) in [5, 5.41) is 0. The second-order valence-electron chi connectivity index (χ2n) is 4.07. The van der Waals surface area contributed by atoms with Gasteiger partial charge >= 0.3 is 0 Å². The molecule has 1 heterocycles. The van der Waals surface area contributed by atoms with Crippen molar-refractivity contribution < 1.29 is 18.6 Å². The minimum Gasteiger partial charge on any atom is -0.493 e. The standard InChI is InChI=1S/C13H17FO3/c1-10-9-11(3-4-12(10)14)15-8-5-13-16-6-2-7-17-13/h3-4,9,13H,2,5-8H2,1H3. The van der Waals surface area contributed by atoms with E-state index in [0.717, 1.165) is 19.6 Å². The van der Waals surface area contributed by atoms with Gasteiger partial charge in [-0.15, -0.1) is 0 Å². The van der Waals surface area contributed by atoms with Crippen LogP contribution in [0.4, 0.5) is 4.39 Å². The maximum Gasteiger partial charge on any atom is 0.160 e. The van der Waals surface area contributed by atoms with E-state index in [1.165, 1.54) is 6.07 Å². The molecule has 0 aromatic heterocycles. The first-order valence-corrected chi connectivity index (χ1v) is 5.88. The summed E-state index contributed by atoms with van der Waals surface area (Å²) in [7, 11) is 0. The molecule has 0 radical (unpaired) electrons. The van der Waals surface area contributed by atoms with Crippen LogP contribution in [0.2, 0.25) is 0 Å². The van der Waals surface area contributed by atoms with Crippen molar-refractivity contribution in [2.24, 2.45) is 0 Å². The summed E-state index contributed by atoms with van der Waals surface area (Å²) >= 11 is 0. The second kappa shape index (κ2) is 5.98. The van der Waals surface area contributed by atoms with Gasteiger partial charge in [-0.1, -0.05) is 0 Å². The number of hydrogen-bond donors (Lipinski definition) is 0. The van der Waals surface area contributed by atoms with Gasteiger partial charge in [0.15, 0.2) is 6.29 Å². The fraction of sp³-hybridized carbons (Fsp3) is 0.538. The lowest BCUT2D eigenvalue weighted by Crippen LogP contribution is -2.26. The van der Waals surface area contributed by atoms with E-state index in [2.05, 4.69) is 0 Å². The molecule has 4 heteroatoms. The Morgan fingerprint density at radius 3 is 2.82 bits per heavy atom. The lowest BCUT2D eigenvalue weighted by molar-refractivity contribution is -0.183. The lowest BCUT2D eigenvalue weighted by Gasteiger charge is -2.23. The highest BCUT2D eigenvalue weighted by atomic mass is 19.1. The molecule has 0 N–H and O–H groups in total. The molecule has 17 heavy (non-hydrogen) atoms. The highest BCUT2D eigenvalue weighted by Gasteiger charge is 2.13. The Labute approximate surface area is 100 Å². The Morgan fingerprint density at radius 1 is 1.35 bits per heavy atom. The van der Waals surface area contributed by atoms with E-state index in [9.17, 15) is 4.39 Å². The summed E-state index contributed by atoms with van der Waals surface area (Å²) in [5.74, 6) is 0.469. The first kappa shape index (κ1) is 12.3. The summed E-state index contributed by atoms with van der Waals surface area (Å²) in [6.45, 7) is 3.73. The third-order valence-electron chi connectivity index (χ3n) is 2.65. The van der Waals surface area contributed by atoms with Gasteiger partial charge < -0.3 is 14.2 Å². The van der Waals surface area contributed by atoms with Crippen molar-refractivity contribution in [1.82, 2.24) is 0 Å². The molecule has 0 amide bonds. The largest absolute Gasteiger partial charge is 0.493 e. The molecule has 0 bridgehead atoms. The van der Waals surface area contributed by atoms with Crippen molar-refractivity contribution in [3.63, 3.8) is 0 Å². The predicted molar refractivity (Wildman–Crippen MR) is 61.6 cm³/mol. The summed E-state index contributed by atoms with van der Waals surface area (Å²) in [5.41, 5.74) is 0.590. The first-order valence-electron chi connectivity index (χ1n) is 5.88. The summed E-state index contributed by atoms with van der Waals surface area (Å²) in [6.07, 6.45) is 1.48. The zero-order chi connectivity index (χ0) is 12.1. The molecule has 1 aromatic carbocycles. The van der Waals surface area contributed by atoms with Crippen LogP contribution in [0.25, 0.3) is 0 Å². The maximum absolute atomic E-state index is 13.0. The van der Waals surface area contributed by atoms with Gasteiger partial charge in [-0.3, -0.25) is 0 Å². The van der Waals surface area contributed by atoms with Crippen LogP contribution >= 0.6 is 0 Å². The molecule has 1 saturated heterocycles. The molecule has 1 aliphatic heterocycles. The number of hydrogen-bond acceptors (Lipinski definition) is 3. The van der Waals surface area contributed by atoms with Gasteiger partial charge in [-0.25, -0.2) is 4.39 Å². The van der Waals surface area contributed by atoms with E-state index in [0.29, 0.717) is 24.3 Å². The average molecular weight is 240 g/mol. The van der Waals surface area contributed by atoms with Crippen LogP contribution in [0.5, 0.6) is 5.75 Å². The Kier molecular flexibility index (Phi) is 4.34. The van der Waals surface area contributed by atoms with E-state index in [-0.39, 0.29) is 12.1 Å². The number of rotatable bonds is 4. The molecule has 3 nitrogen and oxygen atoms in total. The van der Waals surface area contributed by atoms with Gasteiger partial charge in [-0.2, -0.15) is 0 Å². The molecule has 1 aromatic rings. The molecule has 0 unspecified atom stereocenters. The Morgan fingerprint density at radius 2 is 2.12 bits per heavy atom. The Balaban J connectivity index is 1.75. The fourth-order valence-electron chi connectivity index (χ4n) is 1.68. The zero-order valence-corrected chi connectivity index (χ0v) is 9.95. The molecule has 0 aliphatic carbocycles. The van der Waals surface area contributed by atoms with Crippen molar-refractivity contribution in [1.29, 1.82) is 0 Å². The third-order valence-corrected chi connectivity index (χ3v) is 2.65. The van der Waals surface area contributed by atoms with Gasteiger partial charge in [0.05, 0.1) is 19.8 Å². The van der Waals surface area contributed by atoms with Gasteiger partial charge in [0, 0.05) is 6.42 Å². The number of benzene rings is 1. The fourth-order valence-corrected chi connectivity index (χ4v) is 1.68. The third kappa shape index (κ3) is 3.68. The van der Waals surface area contributed by atoms with E-state index in [1.54, 1.807) is 19.1 Å². The van der Waals surface area contributed by atoms with Gasteiger partial charge in [-0.05, 0) is 37.1 Å². The highest BCUT2D eigenvalue weighted by Crippen LogP contribution is 2.17. The molecule has 0 spiro atoms. The SMILES string of the molecule is Cc1cc(OCCC2OCCCO2)ccc1F. The highest BCUT2D eigenvalue weighted by molar-refractivity contribution is 5.28. The Bertz CT molecular complexity index is 362. The smallest absolute Gasteiger partial charge is 0.160 e. The number of halogens is 1. The van der Waals surface area contributed by atoms with Crippen LogP contribution < -0.4 is 4.74 Å². The lowest BCUT2D eigenvalue weighted by atomic mass is 10.2. The van der Waals surface area contributed by atoms with Crippen molar-refractivity contribution in [3.8, 4) is 5.75 Å². The van der Waals surface area contributed by atoms with Gasteiger partial charge in [0.1, 0.15) is 11.6 Å². The molecule has 2 rings (SSSR count). The molecular formula is C13H17FO3. The van der Waals surface area contributed by atoms with Gasteiger partial charge in [0.2, 0.25) is 0 Å². The minimum absolute atomic E-state index is 0.162. The topological polar surface area (TPSA) is 27.7 Å². The maximum atomic E-state index is 13.0. The minimum atomic E-state index is -0.212. The van der Waals surface area contributed by atoms with E-state index in [1.807, 2.05) is 0 Å².